The maximum absolute atomic E-state index is 12.8. The molecule has 1 N–H and O–H groups in total. The lowest BCUT2D eigenvalue weighted by atomic mass is 10.1. The Morgan fingerprint density at radius 3 is 2.83 bits per heavy atom. The van der Waals surface area contributed by atoms with Crippen molar-refractivity contribution in [3.63, 3.8) is 0 Å². The van der Waals surface area contributed by atoms with Crippen LogP contribution in [0.5, 0.6) is 0 Å². The predicted octanol–water partition coefficient (Wildman–Crippen LogP) is 1.05. The fraction of sp³-hybridized carbons (Fsp3) is 0.562. The van der Waals surface area contributed by atoms with Crippen molar-refractivity contribution in [2.24, 2.45) is 0 Å². The number of rotatable bonds is 4. The summed E-state index contributed by atoms with van der Waals surface area (Å²) in [5, 5.41) is 3.13. The predicted molar refractivity (Wildman–Crippen MR) is 90.2 cm³/mol. The monoisotopic (exact) mass is 337 g/mol. The van der Waals surface area contributed by atoms with Crippen LogP contribution in [0.15, 0.2) is 24.3 Å². The highest BCUT2D eigenvalue weighted by atomic mass is 32.2. The second-order valence-electron chi connectivity index (χ2n) is 6.14. The smallest absolute Gasteiger partial charge is 0.254 e. The van der Waals surface area contributed by atoms with Crippen molar-refractivity contribution in [2.75, 3.05) is 36.7 Å². The number of amides is 1. The number of carbonyl (C=O) groups is 1. The lowest BCUT2D eigenvalue weighted by molar-refractivity contribution is 0.0737. The van der Waals surface area contributed by atoms with E-state index in [1.165, 1.54) is 4.31 Å². The Labute approximate surface area is 137 Å². The van der Waals surface area contributed by atoms with Crippen molar-refractivity contribution in [1.82, 2.24) is 10.2 Å². The Morgan fingerprint density at radius 1 is 1.30 bits per heavy atom. The van der Waals surface area contributed by atoms with E-state index in [4.69, 9.17) is 0 Å². The zero-order valence-electron chi connectivity index (χ0n) is 13.4. The number of nitrogens with zero attached hydrogens (tertiary/aromatic N) is 2. The molecule has 2 fully saturated rings. The van der Waals surface area contributed by atoms with Crippen molar-refractivity contribution in [1.29, 1.82) is 0 Å². The topological polar surface area (TPSA) is 69.7 Å². The Kier molecular flexibility index (Phi) is 4.59. The summed E-state index contributed by atoms with van der Waals surface area (Å²) >= 11 is 0. The average Bonchev–Trinajstić information content (AvgIpc) is 3.13. The summed E-state index contributed by atoms with van der Waals surface area (Å²) in [4.78, 5) is 14.7. The van der Waals surface area contributed by atoms with Gasteiger partial charge < -0.3 is 10.2 Å². The molecule has 0 bridgehead atoms. The van der Waals surface area contributed by atoms with Crippen LogP contribution in [0.25, 0.3) is 0 Å². The molecule has 0 spiro atoms. The number of hydrogen-bond donors (Lipinski definition) is 1. The molecule has 1 atom stereocenters. The van der Waals surface area contributed by atoms with Crippen LogP contribution >= 0.6 is 0 Å². The quantitative estimate of drug-likeness (QED) is 0.892. The summed E-state index contributed by atoms with van der Waals surface area (Å²) in [6.07, 6.45) is 2.65. The van der Waals surface area contributed by atoms with Crippen molar-refractivity contribution in [3.05, 3.63) is 29.8 Å². The number of hydrogen-bond acceptors (Lipinski definition) is 4. The maximum atomic E-state index is 12.8. The minimum absolute atomic E-state index is 0.0128. The largest absolute Gasteiger partial charge is 0.334 e. The maximum Gasteiger partial charge on any atom is 0.254 e. The first-order valence-electron chi connectivity index (χ1n) is 8.09. The van der Waals surface area contributed by atoms with E-state index >= 15 is 0 Å². The molecule has 1 unspecified atom stereocenters. The second kappa shape index (κ2) is 6.49. The number of likely N-dealkylation sites (tertiary alicyclic amines) is 1. The minimum atomic E-state index is -3.22. The van der Waals surface area contributed by atoms with Crippen LogP contribution < -0.4 is 9.62 Å². The number of carbonyl (C=O) groups excluding carboxylic acids is 1. The van der Waals surface area contributed by atoms with Crippen LogP contribution in [0.2, 0.25) is 0 Å². The van der Waals surface area contributed by atoms with E-state index in [1.807, 2.05) is 11.9 Å². The van der Waals surface area contributed by atoms with Gasteiger partial charge in [-0.3, -0.25) is 9.10 Å². The van der Waals surface area contributed by atoms with E-state index in [2.05, 4.69) is 5.32 Å². The molecule has 1 aromatic carbocycles. The summed E-state index contributed by atoms with van der Waals surface area (Å²) in [7, 11) is -1.33. The van der Waals surface area contributed by atoms with Crippen LogP contribution in [-0.2, 0) is 10.0 Å². The van der Waals surface area contributed by atoms with Crippen molar-refractivity contribution in [3.8, 4) is 0 Å². The number of nitrogens with one attached hydrogen (secondary N) is 1. The third-order valence-electron chi connectivity index (χ3n) is 4.56. The molecule has 1 amide bonds. The normalized spacial score (nSPS) is 23.4. The molecule has 2 aliphatic heterocycles. The summed E-state index contributed by atoms with van der Waals surface area (Å²) in [5.41, 5.74) is 1.16. The lowest BCUT2D eigenvalue weighted by Gasteiger charge is -2.25. The highest BCUT2D eigenvalue weighted by Gasteiger charge is 2.31. The number of benzene rings is 1. The van der Waals surface area contributed by atoms with Gasteiger partial charge in [0, 0.05) is 31.2 Å². The van der Waals surface area contributed by atoms with Gasteiger partial charge in [0.15, 0.2) is 0 Å². The first-order valence-corrected chi connectivity index (χ1v) is 9.70. The number of anilines is 1. The SMILES string of the molecule is CNCC1CCCN1C(=O)c1cccc(N2CCCS2(=O)=O)c1. The molecular weight excluding hydrogens is 314 g/mol. The molecule has 3 rings (SSSR count). The molecule has 6 nitrogen and oxygen atoms in total. The van der Waals surface area contributed by atoms with Crippen LogP contribution in [-0.4, -0.2) is 57.7 Å². The van der Waals surface area contributed by atoms with Gasteiger partial charge in [-0.05, 0) is 44.5 Å². The molecule has 2 saturated heterocycles. The van der Waals surface area contributed by atoms with E-state index < -0.39 is 10.0 Å². The molecule has 1 aromatic rings. The molecule has 2 aliphatic rings. The Hall–Kier alpha value is -1.60. The molecule has 7 heteroatoms. The summed E-state index contributed by atoms with van der Waals surface area (Å²) < 4.78 is 25.5. The third-order valence-corrected chi connectivity index (χ3v) is 6.43. The zero-order chi connectivity index (χ0) is 16.4. The zero-order valence-corrected chi connectivity index (χ0v) is 14.2. The molecule has 0 aromatic heterocycles. The molecule has 126 valence electrons. The fourth-order valence-corrected chi connectivity index (χ4v) is 5.00. The van der Waals surface area contributed by atoms with E-state index in [0.717, 1.165) is 25.9 Å². The highest BCUT2D eigenvalue weighted by Crippen LogP contribution is 2.26. The van der Waals surface area contributed by atoms with Gasteiger partial charge in [0.05, 0.1) is 11.4 Å². The van der Waals surface area contributed by atoms with Gasteiger partial charge in [0.25, 0.3) is 5.91 Å². The standard InChI is InChI=1S/C16H23N3O3S/c1-17-12-15-7-3-8-18(15)16(20)13-5-2-6-14(11-13)19-9-4-10-23(19,21)22/h2,5-6,11,15,17H,3-4,7-10,12H2,1H3. The molecule has 23 heavy (non-hydrogen) atoms. The average molecular weight is 337 g/mol. The Morgan fingerprint density at radius 2 is 2.13 bits per heavy atom. The van der Waals surface area contributed by atoms with Gasteiger partial charge in [-0.15, -0.1) is 0 Å². The molecule has 0 radical (unpaired) electrons. The van der Waals surface area contributed by atoms with Gasteiger partial charge >= 0.3 is 0 Å². The van der Waals surface area contributed by atoms with Crippen LogP contribution in [0.4, 0.5) is 5.69 Å². The second-order valence-corrected chi connectivity index (χ2v) is 8.16. The van der Waals surface area contributed by atoms with Gasteiger partial charge in [0.1, 0.15) is 0 Å². The third kappa shape index (κ3) is 3.21. The summed E-state index contributed by atoms with van der Waals surface area (Å²) in [6, 6.07) is 7.21. The van der Waals surface area contributed by atoms with Crippen LogP contribution in [0.3, 0.4) is 0 Å². The first kappa shape index (κ1) is 16.3. The van der Waals surface area contributed by atoms with Crippen molar-refractivity contribution >= 4 is 21.6 Å². The van der Waals surface area contributed by atoms with Gasteiger partial charge in [-0.2, -0.15) is 0 Å². The van der Waals surface area contributed by atoms with Crippen LogP contribution in [0.1, 0.15) is 29.6 Å². The van der Waals surface area contributed by atoms with Gasteiger partial charge in [0.2, 0.25) is 10.0 Å². The van der Waals surface area contributed by atoms with Crippen molar-refractivity contribution in [2.45, 2.75) is 25.3 Å². The Balaban J connectivity index is 1.83. The first-order chi connectivity index (χ1) is 11.0. The van der Waals surface area contributed by atoms with Crippen LogP contribution in [0, 0.1) is 0 Å². The number of likely N-dealkylation sites (N-methyl/N-ethyl adjacent to an activating group) is 1. The lowest BCUT2D eigenvalue weighted by Crippen LogP contribution is -2.40. The minimum Gasteiger partial charge on any atom is -0.334 e. The molecule has 0 aliphatic carbocycles. The molecule has 0 saturated carbocycles. The highest BCUT2D eigenvalue weighted by molar-refractivity contribution is 7.93. The fourth-order valence-electron chi connectivity index (χ4n) is 3.44. The molecular formula is C16H23N3O3S. The Bertz CT molecular complexity index is 690. The van der Waals surface area contributed by atoms with Gasteiger partial charge in [-0.1, -0.05) is 6.07 Å². The summed E-state index contributed by atoms with van der Waals surface area (Å²) in [6.45, 7) is 2.04. The van der Waals surface area contributed by atoms with E-state index in [0.29, 0.717) is 24.2 Å². The summed E-state index contributed by atoms with van der Waals surface area (Å²) in [5.74, 6) is 0.169. The van der Waals surface area contributed by atoms with Crippen molar-refractivity contribution < 1.29 is 13.2 Å². The van der Waals surface area contributed by atoms with Gasteiger partial charge in [-0.25, -0.2) is 8.42 Å². The van der Waals surface area contributed by atoms with E-state index in [9.17, 15) is 13.2 Å². The molecule has 2 heterocycles. The number of sulfonamides is 1. The van der Waals surface area contributed by atoms with E-state index in [1.54, 1.807) is 24.3 Å². The van der Waals surface area contributed by atoms with E-state index in [-0.39, 0.29) is 17.7 Å².